The number of carbonyl (C=O) groups is 2. The number of fused-ring (bicyclic) bond motifs is 2. The number of nitrogens with zero attached hydrogens (tertiary/aromatic N) is 1. The molecule has 2 aliphatic rings. The normalized spacial score (nSPS) is 19.9. The van der Waals surface area contributed by atoms with E-state index in [-0.39, 0.29) is 31.0 Å². The summed E-state index contributed by atoms with van der Waals surface area (Å²) < 4.78 is 41.3. The van der Waals surface area contributed by atoms with Crippen molar-refractivity contribution >= 4 is 22.6 Å². The molecule has 3 unspecified atom stereocenters. The molecule has 0 amide bonds. The lowest BCUT2D eigenvalue weighted by atomic mass is 9.86. The highest BCUT2D eigenvalue weighted by Crippen LogP contribution is 2.45. The van der Waals surface area contributed by atoms with E-state index in [9.17, 15) is 23.3 Å². The van der Waals surface area contributed by atoms with Crippen LogP contribution in [0.3, 0.4) is 0 Å². The Balaban J connectivity index is 1.48. The fourth-order valence-corrected chi connectivity index (χ4v) is 6.45. The van der Waals surface area contributed by atoms with Crippen LogP contribution in [0.2, 0.25) is 0 Å². The molecule has 0 radical (unpaired) electrons. The maximum Gasteiger partial charge on any atom is 0.163 e. The van der Waals surface area contributed by atoms with Crippen LogP contribution in [0, 0.1) is 5.82 Å². The van der Waals surface area contributed by atoms with Gasteiger partial charge in [-0.2, -0.15) is 0 Å². The molecule has 1 aliphatic heterocycles. The zero-order valence-corrected chi connectivity index (χ0v) is 26.8. The van der Waals surface area contributed by atoms with Crippen LogP contribution < -0.4 is 14.2 Å². The van der Waals surface area contributed by atoms with Crippen molar-refractivity contribution in [3.8, 4) is 22.8 Å². The van der Waals surface area contributed by atoms with Crippen molar-refractivity contribution in [1.82, 2.24) is 9.71 Å². The first-order chi connectivity index (χ1) is 20.6. The average Bonchev–Trinajstić information content (AvgIpc) is 3.30. The molecule has 2 aromatic carbocycles. The molecular formula is C34H39FN2O6S. The molecule has 0 saturated heterocycles. The number of aliphatic hydroxyl groups is 1. The highest BCUT2D eigenvalue weighted by atomic mass is 32.2. The van der Waals surface area contributed by atoms with Crippen LogP contribution in [0.1, 0.15) is 86.6 Å². The van der Waals surface area contributed by atoms with E-state index in [4.69, 9.17) is 14.5 Å². The van der Waals surface area contributed by atoms with Gasteiger partial charge in [0.2, 0.25) is 0 Å². The van der Waals surface area contributed by atoms with Crippen molar-refractivity contribution in [3.05, 3.63) is 76.2 Å². The maximum absolute atomic E-state index is 13.8. The SMILES string of the molecule is COc1cc(C(=O)CCC(C)(O)c2cc3c(c(-c4ccc(F)cc4)n2)OCC3(C)NS(=O)C(C)(C)C)cc2c1CC(=O)CC2. The van der Waals surface area contributed by atoms with Gasteiger partial charge < -0.3 is 14.6 Å². The Bertz CT molecular complexity index is 1630. The molecule has 2 N–H and O–H groups in total. The topological polar surface area (TPSA) is 115 Å². The van der Waals surface area contributed by atoms with Crippen molar-refractivity contribution < 1.29 is 32.8 Å². The maximum atomic E-state index is 13.8. The molecule has 3 aromatic rings. The molecule has 1 aromatic heterocycles. The molecule has 5 rings (SSSR count). The minimum absolute atomic E-state index is 0.0264. The summed E-state index contributed by atoms with van der Waals surface area (Å²) in [5, 5.41) is 11.8. The predicted molar refractivity (Wildman–Crippen MR) is 167 cm³/mol. The fraction of sp³-hybridized carbons (Fsp3) is 0.441. The average molecular weight is 623 g/mol. The minimum atomic E-state index is -1.53. The van der Waals surface area contributed by atoms with E-state index in [1.807, 2.05) is 33.8 Å². The van der Waals surface area contributed by atoms with Gasteiger partial charge in [-0.3, -0.25) is 9.59 Å². The van der Waals surface area contributed by atoms with Crippen molar-refractivity contribution in [2.24, 2.45) is 0 Å². The van der Waals surface area contributed by atoms with Crippen LogP contribution in [0.15, 0.2) is 42.5 Å². The quantitative estimate of drug-likeness (QED) is 0.304. The Kier molecular flexibility index (Phi) is 8.56. The molecule has 234 valence electrons. The number of ketones is 2. The van der Waals surface area contributed by atoms with E-state index in [0.717, 1.165) is 11.1 Å². The summed E-state index contributed by atoms with van der Waals surface area (Å²) in [6, 6.07) is 11.1. The third kappa shape index (κ3) is 6.34. The summed E-state index contributed by atoms with van der Waals surface area (Å²) in [7, 11) is 0.0944. The monoisotopic (exact) mass is 622 g/mol. The molecule has 8 nitrogen and oxygen atoms in total. The van der Waals surface area contributed by atoms with Gasteiger partial charge in [0.25, 0.3) is 0 Å². The van der Waals surface area contributed by atoms with Crippen LogP contribution in [0.4, 0.5) is 4.39 Å². The first kappa shape index (κ1) is 31.9. The van der Waals surface area contributed by atoms with E-state index < -0.39 is 32.7 Å². The molecular weight excluding hydrogens is 583 g/mol. The molecule has 0 saturated carbocycles. The smallest absolute Gasteiger partial charge is 0.163 e. The van der Waals surface area contributed by atoms with Gasteiger partial charge in [0, 0.05) is 41.5 Å². The lowest BCUT2D eigenvalue weighted by Gasteiger charge is -2.30. The van der Waals surface area contributed by atoms with Gasteiger partial charge in [-0.1, -0.05) is 0 Å². The second kappa shape index (κ2) is 11.8. The van der Waals surface area contributed by atoms with E-state index in [1.165, 1.54) is 19.2 Å². The molecule has 3 atom stereocenters. The molecule has 10 heteroatoms. The Morgan fingerprint density at radius 3 is 2.52 bits per heavy atom. The number of aryl methyl sites for hydroxylation is 1. The third-order valence-electron chi connectivity index (χ3n) is 8.35. The highest BCUT2D eigenvalue weighted by molar-refractivity contribution is 7.84. The van der Waals surface area contributed by atoms with Gasteiger partial charge >= 0.3 is 0 Å². The van der Waals surface area contributed by atoms with Crippen molar-refractivity contribution in [1.29, 1.82) is 0 Å². The number of carbonyl (C=O) groups excluding carboxylic acids is 2. The minimum Gasteiger partial charge on any atom is -0.496 e. The van der Waals surface area contributed by atoms with Crippen LogP contribution in [0.25, 0.3) is 11.3 Å². The van der Waals surface area contributed by atoms with Gasteiger partial charge in [0.15, 0.2) is 11.5 Å². The second-order valence-electron chi connectivity index (χ2n) is 13.1. The van der Waals surface area contributed by atoms with Crippen LogP contribution in [0.5, 0.6) is 11.5 Å². The number of ether oxygens (including phenoxy) is 2. The summed E-state index contributed by atoms with van der Waals surface area (Å²) in [5.41, 5.74) is 1.82. The van der Waals surface area contributed by atoms with Crippen molar-refractivity contribution in [2.75, 3.05) is 13.7 Å². The van der Waals surface area contributed by atoms with Crippen LogP contribution >= 0.6 is 0 Å². The standard InChI is InChI=1S/C34H39FN2O6S/c1-32(2,3)44(41)37-33(4)19-43-31-26(33)18-29(36-30(31)20-7-10-23(35)11-8-20)34(5,40)14-13-27(39)22-15-21-9-12-24(38)17-25(21)28(16-22)42-6/h7-8,10-11,15-16,18,37,40H,9,12-14,17,19H2,1-6H3. The fourth-order valence-electron chi connectivity index (χ4n) is 5.56. The Morgan fingerprint density at radius 2 is 1.86 bits per heavy atom. The number of aromatic nitrogens is 1. The Hall–Kier alpha value is -3.47. The number of rotatable bonds is 9. The van der Waals surface area contributed by atoms with E-state index >= 15 is 0 Å². The third-order valence-corrected chi connectivity index (χ3v) is 10.1. The van der Waals surface area contributed by atoms with Gasteiger partial charge in [0.05, 0.1) is 34.1 Å². The lowest BCUT2D eigenvalue weighted by Crippen LogP contribution is -2.47. The Labute approximate surface area is 260 Å². The summed E-state index contributed by atoms with van der Waals surface area (Å²) in [5.74, 6) is 0.570. The molecule has 0 fully saturated rings. The summed E-state index contributed by atoms with van der Waals surface area (Å²) in [6.07, 6.45) is 1.38. The number of Topliss-reactive ketones (excluding diaryl/α,β-unsaturated/α-hetero) is 2. The van der Waals surface area contributed by atoms with Crippen LogP contribution in [-0.4, -0.2) is 44.3 Å². The van der Waals surface area contributed by atoms with Crippen molar-refractivity contribution in [2.45, 2.75) is 82.6 Å². The number of hydrogen-bond acceptors (Lipinski definition) is 7. The van der Waals surface area contributed by atoms with Gasteiger partial charge in [-0.25, -0.2) is 18.3 Å². The van der Waals surface area contributed by atoms with Crippen LogP contribution in [-0.2, 0) is 39.8 Å². The summed E-state index contributed by atoms with van der Waals surface area (Å²) in [6.45, 7) is 9.29. The number of pyridine rings is 1. The summed E-state index contributed by atoms with van der Waals surface area (Å²) in [4.78, 5) is 30.2. The van der Waals surface area contributed by atoms with Gasteiger partial charge in [0.1, 0.15) is 35.3 Å². The molecule has 0 spiro atoms. The molecule has 44 heavy (non-hydrogen) atoms. The zero-order valence-electron chi connectivity index (χ0n) is 26.0. The first-order valence-electron chi connectivity index (χ1n) is 14.7. The lowest BCUT2D eigenvalue weighted by molar-refractivity contribution is -0.118. The van der Waals surface area contributed by atoms with E-state index in [1.54, 1.807) is 31.2 Å². The first-order valence-corrected chi connectivity index (χ1v) is 15.9. The second-order valence-corrected chi connectivity index (χ2v) is 15.0. The number of nitrogens with one attached hydrogen (secondary N) is 1. The number of halogens is 1. The summed E-state index contributed by atoms with van der Waals surface area (Å²) >= 11 is 0. The largest absolute Gasteiger partial charge is 0.496 e. The van der Waals surface area contributed by atoms with Gasteiger partial charge in [-0.15, -0.1) is 0 Å². The zero-order chi connectivity index (χ0) is 32.0. The van der Waals surface area contributed by atoms with Crippen molar-refractivity contribution in [3.63, 3.8) is 0 Å². The molecule has 2 heterocycles. The van der Waals surface area contributed by atoms with Gasteiger partial charge in [-0.05, 0) is 95.5 Å². The molecule has 0 bridgehead atoms. The predicted octanol–water partition coefficient (Wildman–Crippen LogP) is 5.48. The Morgan fingerprint density at radius 1 is 1.16 bits per heavy atom. The number of methoxy groups -OCH3 is 1. The molecule has 1 aliphatic carbocycles. The van der Waals surface area contributed by atoms with E-state index in [2.05, 4.69) is 4.72 Å². The number of hydrogen-bond donors (Lipinski definition) is 2. The van der Waals surface area contributed by atoms with E-state index in [0.29, 0.717) is 58.8 Å². The highest BCUT2D eigenvalue weighted by Gasteiger charge is 2.43. The number of benzene rings is 2.